The lowest BCUT2D eigenvalue weighted by molar-refractivity contribution is -0.175. The highest BCUT2D eigenvalue weighted by Gasteiger charge is 2.57. The summed E-state index contributed by atoms with van der Waals surface area (Å²) in [5, 5.41) is 18.7. The molecule has 4 aliphatic rings. The van der Waals surface area contributed by atoms with Gasteiger partial charge in [-0.25, -0.2) is 0 Å². The van der Waals surface area contributed by atoms with Gasteiger partial charge in [0.2, 0.25) is 5.91 Å². The normalized spacial score (nSPS) is 29.9. The van der Waals surface area contributed by atoms with Crippen LogP contribution >= 0.6 is 0 Å². The summed E-state index contributed by atoms with van der Waals surface area (Å²) in [7, 11) is 5.54. The molecular formula is C35H51N5O4. The number of nitrogens with one attached hydrogen (secondary N) is 2. The monoisotopic (exact) mass is 605 g/mol. The van der Waals surface area contributed by atoms with Crippen LogP contribution in [0, 0.1) is 36.0 Å². The molecule has 2 aromatic rings. The maximum absolute atomic E-state index is 14.1. The molecule has 2 aromatic carbocycles. The van der Waals surface area contributed by atoms with E-state index in [9.17, 15) is 14.7 Å². The number of rotatable bonds is 9. The van der Waals surface area contributed by atoms with Crippen LogP contribution in [0.5, 0.6) is 0 Å². The lowest BCUT2D eigenvalue weighted by Gasteiger charge is -2.62. The van der Waals surface area contributed by atoms with E-state index in [4.69, 9.17) is 10.6 Å². The van der Waals surface area contributed by atoms with Crippen molar-refractivity contribution in [1.29, 1.82) is 0 Å². The van der Waals surface area contributed by atoms with Gasteiger partial charge in [0.05, 0.1) is 18.8 Å². The molecule has 0 radical (unpaired) electrons. The van der Waals surface area contributed by atoms with Crippen LogP contribution in [0.3, 0.4) is 0 Å². The molecule has 240 valence electrons. The molecule has 9 heteroatoms. The van der Waals surface area contributed by atoms with Crippen molar-refractivity contribution in [3.8, 4) is 11.1 Å². The Morgan fingerprint density at radius 1 is 1.20 bits per heavy atom. The number of fused-ring (bicyclic) bond motifs is 2. The zero-order valence-corrected chi connectivity index (χ0v) is 27.6. The van der Waals surface area contributed by atoms with Crippen LogP contribution in [0.25, 0.3) is 11.1 Å². The van der Waals surface area contributed by atoms with Gasteiger partial charge in [0.15, 0.2) is 0 Å². The van der Waals surface area contributed by atoms with E-state index in [2.05, 4.69) is 50.5 Å². The number of aliphatic hydroxyl groups excluding tert-OH is 1. The molecule has 9 nitrogen and oxygen atoms in total. The molecule has 1 aliphatic heterocycles. The minimum Gasteiger partial charge on any atom is -0.393 e. The average Bonchev–Trinajstić information content (AvgIpc) is 3.36. The number of carbonyl (C=O) groups excluding carboxylic acids is 2. The largest absolute Gasteiger partial charge is 0.393 e. The quantitative estimate of drug-likeness (QED) is 0.344. The number of nitrogens with two attached hydrogens (primary N) is 1. The van der Waals surface area contributed by atoms with Crippen molar-refractivity contribution in [3.05, 3.63) is 53.1 Å². The van der Waals surface area contributed by atoms with Crippen molar-refractivity contribution >= 4 is 17.5 Å². The predicted molar refractivity (Wildman–Crippen MR) is 174 cm³/mol. The van der Waals surface area contributed by atoms with E-state index in [1.165, 1.54) is 6.42 Å². The molecule has 4 fully saturated rings. The van der Waals surface area contributed by atoms with Crippen LogP contribution in [0.15, 0.2) is 36.4 Å². The number of hydrogen-bond acceptors (Lipinski definition) is 7. The van der Waals surface area contributed by atoms with Gasteiger partial charge in [-0.2, -0.15) is 5.06 Å². The number of benzene rings is 2. The van der Waals surface area contributed by atoms with E-state index in [0.717, 1.165) is 34.4 Å². The van der Waals surface area contributed by atoms with Crippen molar-refractivity contribution in [2.45, 2.75) is 78.3 Å². The first-order valence-electron chi connectivity index (χ1n) is 16.0. The summed E-state index contributed by atoms with van der Waals surface area (Å²) in [6.07, 6.45) is 0.971. The lowest BCUT2D eigenvalue weighted by Crippen LogP contribution is -2.62. The summed E-state index contributed by atoms with van der Waals surface area (Å²) < 4.78 is 0. The van der Waals surface area contributed by atoms with Crippen molar-refractivity contribution in [1.82, 2.24) is 15.7 Å². The topological polar surface area (TPSA) is 120 Å². The first-order valence-corrected chi connectivity index (χ1v) is 16.0. The van der Waals surface area contributed by atoms with Gasteiger partial charge >= 0.3 is 0 Å². The number of hydroxylamine groups is 2. The van der Waals surface area contributed by atoms with E-state index in [0.29, 0.717) is 35.3 Å². The number of nitrogens with zero attached hydrogens (tertiary/aromatic N) is 2. The molecule has 5 N–H and O–H groups in total. The maximum atomic E-state index is 14.1. The predicted octanol–water partition coefficient (Wildman–Crippen LogP) is 3.71. The fourth-order valence-electron chi connectivity index (χ4n) is 8.17. The van der Waals surface area contributed by atoms with Crippen LogP contribution in [-0.4, -0.2) is 74.0 Å². The summed E-state index contributed by atoms with van der Waals surface area (Å²) in [5.74, 6) is 0.905. The molecule has 44 heavy (non-hydrogen) atoms. The molecule has 2 amide bonds. The Kier molecular flexibility index (Phi) is 9.16. The Balaban J connectivity index is 1.44. The summed E-state index contributed by atoms with van der Waals surface area (Å²) in [5.41, 5.74) is 11.9. The number of hydrogen-bond donors (Lipinski definition) is 4. The van der Waals surface area contributed by atoms with Gasteiger partial charge in [-0.15, -0.1) is 0 Å². The Morgan fingerprint density at radius 3 is 2.52 bits per heavy atom. The average molecular weight is 606 g/mol. The van der Waals surface area contributed by atoms with Crippen LogP contribution < -0.4 is 21.3 Å². The SMILES string of the molecule is CNC(=O)c1cc(-c2cccc(CN3O[C@@H](CN)[C@@H]([C@H](C)O)[C@H]3C(=O)NC3C[C@@H]4C[C@H]([C@@H]3C)C4(C)C)c2C)cc(N(C)C)c1. The molecule has 1 heterocycles. The smallest absolute Gasteiger partial charge is 0.251 e. The summed E-state index contributed by atoms with van der Waals surface area (Å²) in [6.45, 7) is 11.3. The number of carbonyl (C=O) groups is 2. The minimum absolute atomic E-state index is 0.106. The zero-order chi connectivity index (χ0) is 32.1. The fourth-order valence-corrected chi connectivity index (χ4v) is 8.17. The Hall–Kier alpha value is -2.98. The van der Waals surface area contributed by atoms with Crippen LogP contribution in [0.1, 0.15) is 62.0 Å². The molecule has 8 atom stereocenters. The molecular weight excluding hydrogens is 554 g/mol. The lowest BCUT2D eigenvalue weighted by atomic mass is 9.45. The van der Waals surface area contributed by atoms with E-state index < -0.39 is 24.2 Å². The van der Waals surface area contributed by atoms with Crippen molar-refractivity contribution < 1.29 is 19.5 Å². The third-order valence-corrected chi connectivity index (χ3v) is 11.1. The van der Waals surface area contributed by atoms with Gasteiger partial charge in [-0.05, 0) is 90.3 Å². The second-order valence-corrected chi connectivity index (χ2v) is 14.1. The molecule has 0 aromatic heterocycles. The first-order chi connectivity index (χ1) is 20.8. The van der Waals surface area contributed by atoms with Crippen molar-refractivity contribution in [3.63, 3.8) is 0 Å². The summed E-state index contributed by atoms with van der Waals surface area (Å²) in [6, 6.07) is 11.4. The molecule has 1 unspecified atom stereocenters. The first kappa shape index (κ1) is 32.4. The van der Waals surface area contributed by atoms with Crippen LogP contribution in [-0.2, 0) is 16.2 Å². The van der Waals surface area contributed by atoms with Crippen LogP contribution in [0.2, 0.25) is 0 Å². The molecule has 0 spiro atoms. The second kappa shape index (κ2) is 12.4. The number of aliphatic hydroxyl groups is 1. The fraction of sp³-hybridized carbons (Fsp3) is 0.600. The van der Waals surface area contributed by atoms with Gasteiger partial charge in [0.25, 0.3) is 5.91 Å². The van der Waals surface area contributed by atoms with Crippen molar-refractivity contribution in [2.75, 3.05) is 32.6 Å². The molecule has 3 aliphatic carbocycles. The molecule has 1 saturated heterocycles. The third-order valence-electron chi connectivity index (χ3n) is 11.1. The summed E-state index contributed by atoms with van der Waals surface area (Å²) in [4.78, 5) is 35.0. The summed E-state index contributed by atoms with van der Waals surface area (Å²) >= 11 is 0. The zero-order valence-electron chi connectivity index (χ0n) is 27.6. The van der Waals surface area contributed by atoms with Crippen LogP contribution in [0.4, 0.5) is 5.69 Å². The van der Waals surface area contributed by atoms with Gasteiger partial charge in [-0.3, -0.25) is 14.4 Å². The standard InChI is InChI=1S/C35H51N5O4/c1-19-22(10-9-11-27(19)23-12-24(33(42)37-6)14-26(13-23)39(7)8)18-40-32(31(21(3)41)30(17-36)44-40)34(43)38-29-16-25-15-28(20(29)2)35(25,4)5/h9-14,20-21,25,28-32,41H,15-18,36H2,1-8H3,(H,37,42)(H,38,43)/t20-,21-,25-,28+,29?,30-,31+,32-/m0/s1. The number of amides is 2. The Labute approximate surface area is 262 Å². The van der Waals surface area contributed by atoms with E-state index in [1.807, 2.05) is 43.3 Å². The van der Waals surface area contributed by atoms with E-state index in [1.54, 1.807) is 19.0 Å². The van der Waals surface area contributed by atoms with E-state index in [-0.39, 0.29) is 24.4 Å². The Morgan fingerprint density at radius 2 is 1.93 bits per heavy atom. The maximum Gasteiger partial charge on any atom is 0.251 e. The number of anilines is 1. The van der Waals surface area contributed by atoms with Gasteiger partial charge in [0.1, 0.15) is 6.04 Å². The van der Waals surface area contributed by atoms with Gasteiger partial charge in [-0.1, -0.05) is 39.0 Å². The Bertz CT molecular complexity index is 1390. The molecule has 6 rings (SSSR count). The molecule has 3 saturated carbocycles. The highest BCUT2D eigenvalue weighted by Crippen LogP contribution is 2.61. The second-order valence-electron chi connectivity index (χ2n) is 14.1. The molecule has 2 bridgehead atoms. The minimum atomic E-state index is -0.773. The van der Waals surface area contributed by atoms with Gasteiger partial charge in [0, 0.05) is 50.9 Å². The third kappa shape index (κ3) is 5.75. The highest BCUT2D eigenvalue weighted by molar-refractivity contribution is 5.96. The van der Waals surface area contributed by atoms with Crippen molar-refractivity contribution in [2.24, 2.45) is 34.8 Å². The van der Waals surface area contributed by atoms with E-state index >= 15 is 0 Å². The highest BCUT2D eigenvalue weighted by atomic mass is 16.7. The van der Waals surface area contributed by atoms with Gasteiger partial charge < -0.3 is 26.4 Å².